The number of aromatic nitrogens is 1. The molecule has 1 saturated heterocycles. The number of hydrogen-bond donors (Lipinski definition) is 2. The molecule has 2 heterocycles. The maximum absolute atomic E-state index is 11.0. The average molecular weight is 295 g/mol. The normalized spacial score (nSPS) is 16.0. The van der Waals surface area contributed by atoms with E-state index in [-0.39, 0.29) is 12.3 Å². The SMILES string of the molecule is CCNc1cc([N+](=O)[O-])cc(N2CCN(CCO)CC2)n1. The first-order valence-electron chi connectivity index (χ1n) is 7.12. The lowest BCUT2D eigenvalue weighted by Crippen LogP contribution is -2.47. The van der Waals surface area contributed by atoms with Crippen molar-refractivity contribution in [3.05, 3.63) is 22.2 Å². The molecule has 1 aliphatic rings. The van der Waals surface area contributed by atoms with E-state index in [4.69, 9.17) is 5.11 Å². The summed E-state index contributed by atoms with van der Waals surface area (Å²) in [4.78, 5) is 19.3. The maximum atomic E-state index is 11.0. The van der Waals surface area contributed by atoms with Crippen molar-refractivity contribution in [2.75, 3.05) is 56.1 Å². The summed E-state index contributed by atoms with van der Waals surface area (Å²) >= 11 is 0. The fourth-order valence-corrected chi connectivity index (χ4v) is 2.38. The first kappa shape index (κ1) is 15.5. The van der Waals surface area contributed by atoms with E-state index in [0.717, 1.165) is 26.2 Å². The van der Waals surface area contributed by atoms with Crippen molar-refractivity contribution in [3.63, 3.8) is 0 Å². The van der Waals surface area contributed by atoms with Crippen LogP contribution in [-0.2, 0) is 0 Å². The van der Waals surface area contributed by atoms with Crippen molar-refractivity contribution < 1.29 is 10.0 Å². The molecule has 0 spiro atoms. The molecule has 2 rings (SSSR count). The van der Waals surface area contributed by atoms with Gasteiger partial charge in [0.1, 0.15) is 11.6 Å². The smallest absolute Gasteiger partial charge is 0.276 e. The van der Waals surface area contributed by atoms with Crippen LogP contribution < -0.4 is 10.2 Å². The van der Waals surface area contributed by atoms with Crippen LogP contribution in [-0.4, -0.2) is 65.8 Å². The number of nitrogens with zero attached hydrogens (tertiary/aromatic N) is 4. The van der Waals surface area contributed by atoms with Crippen molar-refractivity contribution in [3.8, 4) is 0 Å². The van der Waals surface area contributed by atoms with Crippen LogP contribution >= 0.6 is 0 Å². The number of anilines is 2. The lowest BCUT2D eigenvalue weighted by molar-refractivity contribution is -0.384. The van der Waals surface area contributed by atoms with E-state index in [1.165, 1.54) is 12.1 Å². The molecule has 116 valence electrons. The Hall–Kier alpha value is -1.93. The molecule has 21 heavy (non-hydrogen) atoms. The largest absolute Gasteiger partial charge is 0.395 e. The third-order valence-electron chi connectivity index (χ3n) is 3.48. The molecule has 2 N–H and O–H groups in total. The minimum Gasteiger partial charge on any atom is -0.395 e. The minimum absolute atomic E-state index is 0.0498. The Bertz CT molecular complexity index is 489. The van der Waals surface area contributed by atoms with Crippen LogP contribution in [0.15, 0.2) is 12.1 Å². The van der Waals surface area contributed by atoms with Gasteiger partial charge in [-0.1, -0.05) is 0 Å². The van der Waals surface area contributed by atoms with Crippen LogP contribution in [0.3, 0.4) is 0 Å². The molecule has 0 aliphatic carbocycles. The molecule has 0 radical (unpaired) electrons. The zero-order chi connectivity index (χ0) is 15.2. The van der Waals surface area contributed by atoms with Crippen LogP contribution in [0.2, 0.25) is 0 Å². The molecule has 0 atom stereocenters. The second-order valence-electron chi connectivity index (χ2n) is 4.91. The van der Waals surface area contributed by atoms with Crippen molar-refractivity contribution in [2.24, 2.45) is 0 Å². The van der Waals surface area contributed by atoms with Gasteiger partial charge in [0.25, 0.3) is 5.69 Å². The predicted octanol–water partition coefficient (Wildman–Crippen LogP) is 0.536. The lowest BCUT2D eigenvalue weighted by Gasteiger charge is -2.35. The van der Waals surface area contributed by atoms with Crippen molar-refractivity contribution in [2.45, 2.75) is 6.92 Å². The maximum Gasteiger partial charge on any atom is 0.276 e. The van der Waals surface area contributed by atoms with Gasteiger partial charge in [-0.3, -0.25) is 15.0 Å². The van der Waals surface area contributed by atoms with Gasteiger partial charge in [0.15, 0.2) is 0 Å². The third kappa shape index (κ3) is 4.02. The molecule has 0 saturated carbocycles. The number of nitrogens with one attached hydrogen (secondary N) is 1. The Morgan fingerprint density at radius 2 is 2.10 bits per heavy atom. The number of aliphatic hydroxyl groups is 1. The first-order chi connectivity index (χ1) is 10.1. The summed E-state index contributed by atoms with van der Waals surface area (Å²) < 4.78 is 0. The summed E-state index contributed by atoms with van der Waals surface area (Å²) in [5.41, 5.74) is 0.0498. The van der Waals surface area contributed by atoms with E-state index in [0.29, 0.717) is 24.7 Å². The zero-order valence-corrected chi connectivity index (χ0v) is 12.2. The van der Waals surface area contributed by atoms with Crippen LogP contribution in [0, 0.1) is 10.1 Å². The number of rotatable bonds is 6. The quantitative estimate of drug-likeness (QED) is 0.584. The molecular formula is C13H21N5O3. The van der Waals surface area contributed by atoms with Gasteiger partial charge < -0.3 is 15.3 Å². The fourth-order valence-electron chi connectivity index (χ4n) is 2.38. The highest BCUT2D eigenvalue weighted by Gasteiger charge is 2.20. The summed E-state index contributed by atoms with van der Waals surface area (Å²) in [7, 11) is 0. The van der Waals surface area contributed by atoms with E-state index in [1.807, 2.05) is 11.8 Å². The fraction of sp³-hybridized carbons (Fsp3) is 0.615. The Kier molecular flexibility index (Phi) is 5.29. The molecule has 8 heteroatoms. The first-order valence-corrected chi connectivity index (χ1v) is 7.12. The van der Waals surface area contributed by atoms with Gasteiger partial charge in [-0.05, 0) is 6.92 Å². The monoisotopic (exact) mass is 295 g/mol. The second-order valence-corrected chi connectivity index (χ2v) is 4.91. The zero-order valence-electron chi connectivity index (χ0n) is 12.2. The summed E-state index contributed by atoms with van der Waals surface area (Å²) in [6, 6.07) is 2.97. The Morgan fingerprint density at radius 3 is 2.67 bits per heavy atom. The lowest BCUT2D eigenvalue weighted by atomic mass is 10.3. The predicted molar refractivity (Wildman–Crippen MR) is 80.8 cm³/mol. The molecule has 1 aromatic heterocycles. The summed E-state index contributed by atoms with van der Waals surface area (Å²) in [5, 5.41) is 23.0. The summed E-state index contributed by atoms with van der Waals surface area (Å²) in [6.07, 6.45) is 0. The third-order valence-corrected chi connectivity index (χ3v) is 3.48. The van der Waals surface area contributed by atoms with E-state index < -0.39 is 4.92 Å². The number of piperazine rings is 1. The van der Waals surface area contributed by atoms with Gasteiger partial charge in [0.2, 0.25) is 0 Å². The highest BCUT2D eigenvalue weighted by atomic mass is 16.6. The number of aliphatic hydroxyl groups excluding tert-OH is 1. The van der Waals surface area contributed by atoms with E-state index >= 15 is 0 Å². The van der Waals surface area contributed by atoms with Gasteiger partial charge in [-0.25, -0.2) is 4.98 Å². The van der Waals surface area contributed by atoms with Crippen LogP contribution in [0.25, 0.3) is 0 Å². The minimum atomic E-state index is -0.395. The van der Waals surface area contributed by atoms with E-state index in [1.54, 1.807) is 0 Å². The Labute approximate surface area is 123 Å². The van der Waals surface area contributed by atoms with E-state index in [2.05, 4.69) is 15.2 Å². The number of β-amino-alcohol motifs (C(OH)–C–C–N with tert-alkyl or cyclic N) is 1. The second kappa shape index (κ2) is 7.19. The molecule has 1 aliphatic heterocycles. The van der Waals surface area contributed by atoms with Gasteiger partial charge in [0, 0.05) is 39.3 Å². The molecule has 1 aromatic rings. The standard InChI is InChI=1S/C13H21N5O3/c1-2-14-12-9-11(18(20)21)10-13(15-12)17-5-3-16(4-6-17)7-8-19/h9-10,19H,2-8H2,1H3,(H,14,15). The summed E-state index contributed by atoms with van der Waals surface area (Å²) in [6.45, 7) is 6.55. The highest BCUT2D eigenvalue weighted by molar-refractivity contribution is 5.56. The Morgan fingerprint density at radius 1 is 1.38 bits per heavy atom. The molecule has 0 bridgehead atoms. The molecule has 0 amide bonds. The van der Waals surface area contributed by atoms with Gasteiger partial charge in [-0.15, -0.1) is 0 Å². The van der Waals surface area contributed by atoms with Crippen molar-refractivity contribution in [1.29, 1.82) is 0 Å². The topological polar surface area (TPSA) is 94.8 Å². The number of nitro groups is 1. The molecule has 1 fully saturated rings. The molecule has 0 unspecified atom stereocenters. The van der Waals surface area contributed by atoms with Crippen molar-refractivity contribution in [1.82, 2.24) is 9.88 Å². The van der Waals surface area contributed by atoms with Crippen molar-refractivity contribution >= 4 is 17.3 Å². The average Bonchev–Trinajstić information content (AvgIpc) is 2.48. The Balaban J connectivity index is 2.13. The summed E-state index contributed by atoms with van der Waals surface area (Å²) in [5.74, 6) is 1.16. The number of pyridine rings is 1. The van der Waals surface area contributed by atoms with Gasteiger partial charge >= 0.3 is 0 Å². The molecular weight excluding hydrogens is 274 g/mol. The van der Waals surface area contributed by atoms with Crippen LogP contribution in [0.1, 0.15) is 6.92 Å². The van der Waals surface area contributed by atoms with Gasteiger partial charge in [-0.2, -0.15) is 0 Å². The highest BCUT2D eigenvalue weighted by Crippen LogP contribution is 2.24. The molecule has 8 nitrogen and oxygen atoms in total. The van der Waals surface area contributed by atoms with Crippen LogP contribution in [0.4, 0.5) is 17.3 Å². The van der Waals surface area contributed by atoms with Crippen LogP contribution in [0.5, 0.6) is 0 Å². The van der Waals surface area contributed by atoms with E-state index in [9.17, 15) is 10.1 Å². The van der Waals surface area contributed by atoms with Gasteiger partial charge in [0.05, 0.1) is 23.7 Å². The molecule has 0 aromatic carbocycles. The number of hydrogen-bond acceptors (Lipinski definition) is 7.